The quantitative estimate of drug-likeness (QED) is 0.927. The number of carbonyl (C=O) groups is 2. The number of para-hydroxylation sites is 1. The van der Waals surface area contributed by atoms with Crippen LogP contribution in [0.15, 0.2) is 47.1 Å². The van der Waals surface area contributed by atoms with Gasteiger partial charge in [0, 0.05) is 31.9 Å². The van der Waals surface area contributed by atoms with Gasteiger partial charge in [-0.05, 0) is 37.6 Å². The number of piperazine rings is 1. The highest BCUT2D eigenvalue weighted by Gasteiger charge is 2.28. The molecule has 2 amide bonds. The Morgan fingerprint density at radius 3 is 2.44 bits per heavy atom. The highest BCUT2D eigenvalue weighted by atomic mass is 16.3. The lowest BCUT2D eigenvalue weighted by Gasteiger charge is -2.37. The molecule has 2 aromatic rings. The number of amides is 2. The van der Waals surface area contributed by atoms with Crippen LogP contribution in [0.3, 0.4) is 0 Å². The molecule has 1 aliphatic rings. The number of nitrogens with one attached hydrogen (secondary N) is 1. The average molecular weight is 341 g/mol. The van der Waals surface area contributed by atoms with E-state index >= 15 is 0 Å². The highest BCUT2D eigenvalue weighted by Crippen LogP contribution is 2.16. The van der Waals surface area contributed by atoms with Gasteiger partial charge >= 0.3 is 0 Å². The van der Waals surface area contributed by atoms with E-state index < -0.39 is 0 Å². The minimum Gasteiger partial charge on any atom is -0.459 e. The molecule has 1 unspecified atom stereocenters. The van der Waals surface area contributed by atoms with E-state index in [2.05, 4.69) is 10.2 Å². The second-order valence-electron chi connectivity index (χ2n) is 6.29. The normalized spacial score (nSPS) is 16.5. The van der Waals surface area contributed by atoms with Gasteiger partial charge in [0.05, 0.1) is 12.3 Å². The van der Waals surface area contributed by atoms with Gasteiger partial charge in [-0.2, -0.15) is 0 Å². The molecule has 6 nitrogen and oxygen atoms in total. The van der Waals surface area contributed by atoms with Gasteiger partial charge in [-0.3, -0.25) is 14.5 Å². The number of carbonyl (C=O) groups excluding carboxylic acids is 2. The van der Waals surface area contributed by atoms with Crippen molar-refractivity contribution in [2.24, 2.45) is 0 Å². The summed E-state index contributed by atoms with van der Waals surface area (Å²) in [6.07, 6.45) is 1.50. The third-order valence-electron chi connectivity index (χ3n) is 4.66. The van der Waals surface area contributed by atoms with E-state index in [0.717, 1.165) is 11.3 Å². The summed E-state index contributed by atoms with van der Waals surface area (Å²) in [5.74, 6) is 0.237. The van der Waals surface area contributed by atoms with Crippen LogP contribution in [0.25, 0.3) is 0 Å². The minimum atomic E-state index is -0.250. The van der Waals surface area contributed by atoms with E-state index in [9.17, 15) is 9.59 Å². The summed E-state index contributed by atoms with van der Waals surface area (Å²) in [7, 11) is 0. The maximum absolute atomic E-state index is 12.5. The summed E-state index contributed by atoms with van der Waals surface area (Å²) in [6, 6.07) is 10.9. The fourth-order valence-electron chi connectivity index (χ4n) is 2.98. The van der Waals surface area contributed by atoms with Gasteiger partial charge in [-0.15, -0.1) is 0 Å². The summed E-state index contributed by atoms with van der Waals surface area (Å²) < 4.78 is 5.17. The SMILES string of the molecule is Cc1ccccc1NC(=O)C(C)N1CCN(C(=O)c2ccco2)CC1. The lowest BCUT2D eigenvalue weighted by Crippen LogP contribution is -2.54. The number of furan rings is 1. The predicted octanol–water partition coefficient (Wildman–Crippen LogP) is 2.37. The van der Waals surface area contributed by atoms with Crippen LogP contribution in [0.2, 0.25) is 0 Å². The molecule has 1 atom stereocenters. The lowest BCUT2D eigenvalue weighted by molar-refractivity contribution is -0.121. The number of rotatable bonds is 4. The number of anilines is 1. The van der Waals surface area contributed by atoms with Crippen LogP contribution in [-0.2, 0) is 4.79 Å². The van der Waals surface area contributed by atoms with Gasteiger partial charge in [0.25, 0.3) is 5.91 Å². The van der Waals surface area contributed by atoms with E-state index in [1.165, 1.54) is 6.26 Å². The summed E-state index contributed by atoms with van der Waals surface area (Å²) >= 11 is 0. The molecule has 1 saturated heterocycles. The first-order valence-corrected chi connectivity index (χ1v) is 8.49. The van der Waals surface area contributed by atoms with Crippen molar-refractivity contribution in [1.82, 2.24) is 9.80 Å². The Labute approximate surface area is 147 Å². The Bertz CT molecular complexity index is 734. The van der Waals surface area contributed by atoms with E-state index in [-0.39, 0.29) is 17.9 Å². The Morgan fingerprint density at radius 2 is 1.80 bits per heavy atom. The van der Waals surface area contributed by atoms with Crippen molar-refractivity contribution in [3.8, 4) is 0 Å². The fraction of sp³-hybridized carbons (Fsp3) is 0.368. The van der Waals surface area contributed by atoms with Crippen LogP contribution in [0.5, 0.6) is 0 Å². The van der Waals surface area contributed by atoms with Gasteiger partial charge in [0.2, 0.25) is 5.91 Å². The van der Waals surface area contributed by atoms with Gasteiger partial charge < -0.3 is 14.6 Å². The van der Waals surface area contributed by atoms with E-state index in [1.807, 2.05) is 38.1 Å². The summed E-state index contributed by atoms with van der Waals surface area (Å²) in [5.41, 5.74) is 1.88. The van der Waals surface area contributed by atoms with E-state index in [4.69, 9.17) is 4.42 Å². The second kappa shape index (κ2) is 7.53. The van der Waals surface area contributed by atoms with Gasteiger partial charge in [-0.1, -0.05) is 18.2 Å². The van der Waals surface area contributed by atoms with Crippen LogP contribution >= 0.6 is 0 Å². The molecule has 0 saturated carbocycles. The van der Waals surface area contributed by atoms with Crippen LogP contribution < -0.4 is 5.32 Å². The molecular formula is C19H23N3O3. The van der Waals surface area contributed by atoms with Crippen molar-refractivity contribution in [3.63, 3.8) is 0 Å². The maximum atomic E-state index is 12.5. The van der Waals surface area contributed by atoms with Crippen LogP contribution in [0.1, 0.15) is 23.0 Å². The largest absolute Gasteiger partial charge is 0.459 e. The second-order valence-corrected chi connectivity index (χ2v) is 6.29. The van der Waals surface area contributed by atoms with Crippen molar-refractivity contribution in [1.29, 1.82) is 0 Å². The molecule has 0 spiro atoms. The number of aryl methyl sites for hydroxylation is 1. The van der Waals surface area contributed by atoms with Crippen molar-refractivity contribution < 1.29 is 14.0 Å². The molecule has 3 rings (SSSR count). The zero-order valence-electron chi connectivity index (χ0n) is 14.6. The lowest BCUT2D eigenvalue weighted by atomic mass is 10.1. The van der Waals surface area contributed by atoms with E-state index in [1.54, 1.807) is 17.0 Å². The highest BCUT2D eigenvalue weighted by molar-refractivity contribution is 5.95. The Kier molecular flexibility index (Phi) is 5.19. The molecule has 2 heterocycles. The molecular weight excluding hydrogens is 318 g/mol. The predicted molar refractivity (Wildman–Crippen MR) is 95.5 cm³/mol. The minimum absolute atomic E-state index is 0.0277. The monoisotopic (exact) mass is 341 g/mol. The van der Waals surface area contributed by atoms with Crippen molar-refractivity contribution in [2.75, 3.05) is 31.5 Å². The molecule has 6 heteroatoms. The summed E-state index contributed by atoms with van der Waals surface area (Å²) in [5, 5.41) is 2.99. The number of nitrogens with zero attached hydrogens (tertiary/aromatic N) is 2. The molecule has 0 aliphatic carbocycles. The third kappa shape index (κ3) is 3.91. The van der Waals surface area contributed by atoms with Gasteiger partial charge in [0.15, 0.2) is 5.76 Å². The molecule has 0 radical (unpaired) electrons. The first kappa shape index (κ1) is 17.2. The van der Waals surface area contributed by atoms with Crippen LogP contribution in [0.4, 0.5) is 5.69 Å². The first-order valence-electron chi connectivity index (χ1n) is 8.49. The first-order chi connectivity index (χ1) is 12.1. The van der Waals surface area contributed by atoms with Crippen LogP contribution in [0, 0.1) is 6.92 Å². The van der Waals surface area contributed by atoms with Crippen molar-refractivity contribution in [3.05, 3.63) is 54.0 Å². The molecule has 0 bridgehead atoms. The number of benzene rings is 1. The fourth-order valence-corrected chi connectivity index (χ4v) is 2.98. The standard InChI is InChI=1S/C19H23N3O3/c1-14-6-3-4-7-16(14)20-18(23)15(2)21-9-11-22(12-10-21)19(24)17-8-5-13-25-17/h3-8,13,15H,9-12H2,1-2H3,(H,20,23). The maximum Gasteiger partial charge on any atom is 0.289 e. The molecule has 1 aromatic heterocycles. The Hall–Kier alpha value is -2.60. The van der Waals surface area contributed by atoms with Crippen molar-refractivity contribution >= 4 is 17.5 Å². The molecule has 1 aliphatic heterocycles. The molecule has 25 heavy (non-hydrogen) atoms. The zero-order valence-corrected chi connectivity index (χ0v) is 14.6. The zero-order chi connectivity index (χ0) is 17.8. The van der Waals surface area contributed by atoms with Crippen molar-refractivity contribution in [2.45, 2.75) is 19.9 Å². The smallest absolute Gasteiger partial charge is 0.289 e. The Balaban J connectivity index is 1.54. The number of hydrogen-bond donors (Lipinski definition) is 1. The molecule has 1 fully saturated rings. The number of hydrogen-bond acceptors (Lipinski definition) is 4. The van der Waals surface area contributed by atoms with E-state index in [0.29, 0.717) is 31.9 Å². The summed E-state index contributed by atoms with van der Waals surface area (Å²) in [6.45, 7) is 6.36. The molecule has 132 valence electrons. The third-order valence-corrected chi connectivity index (χ3v) is 4.66. The van der Waals surface area contributed by atoms with Gasteiger partial charge in [0.1, 0.15) is 0 Å². The Morgan fingerprint density at radius 1 is 1.08 bits per heavy atom. The van der Waals surface area contributed by atoms with Crippen LogP contribution in [-0.4, -0.2) is 53.8 Å². The van der Waals surface area contributed by atoms with Gasteiger partial charge in [-0.25, -0.2) is 0 Å². The summed E-state index contributed by atoms with van der Waals surface area (Å²) in [4.78, 5) is 28.7. The average Bonchev–Trinajstić information content (AvgIpc) is 3.17. The molecule has 1 aromatic carbocycles. The molecule has 1 N–H and O–H groups in total. The topological polar surface area (TPSA) is 65.8 Å².